The number of hydrogen-bond acceptors (Lipinski definition) is 7. The molecule has 44 heavy (non-hydrogen) atoms. The lowest BCUT2D eigenvalue weighted by Crippen LogP contribution is -2.48. The van der Waals surface area contributed by atoms with Gasteiger partial charge in [-0.25, -0.2) is 23.7 Å². The van der Waals surface area contributed by atoms with Crippen molar-refractivity contribution in [3.63, 3.8) is 0 Å². The van der Waals surface area contributed by atoms with E-state index < -0.39 is 6.16 Å². The van der Waals surface area contributed by atoms with E-state index in [2.05, 4.69) is 35.9 Å². The second-order valence-corrected chi connectivity index (χ2v) is 11.2. The molecular formula is C34H44FN5O4. The van der Waals surface area contributed by atoms with Crippen molar-refractivity contribution in [2.45, 2.75) is 72.1 Å². The van der Waals surface area contributed by atoms with Crippen LogP contribution in [0.1, 0.15) is 57.1 Å². The number of carbonyl (C=O) groups is 1. The van der Waals surface area contributed by atoms with Crippen LogP contribution in [0.4, 0.5) is 20.8 Å². The van der Waals surface area contributed by atoms with Crippen LogP contribution in [0.15, 0.2) is 70.6 Å². The van der Waals surface area contributed by atoms with E-state index in [0.717, 1.165) is 67.8 Å². The lowest BCUT2D eigenvalue weighted by atomic mass is 9.93. The predicted octanol–water partition coefficient (Wildman–Crippen LogP) is 6.50. The third-order valence-corrected chi connectivity index (χ3v) is 8.20. The fraction of sp³-hybridized carbons (Fsp3) is 0.471. The molecule has 1 aromatic heterocycles. The Morgan fingerprint density at radius 2 is 1.82 bits per heavy atom. The van der Waals surface area contributed by atoms with Crippen LogP contribution in [0.3, 0.4) is 0 Å². The molecule has 3 aromatic rings. The van der Waals surface area contributed by atoms with E-state index >= 15 is 0 Å². The Labute approximate surface area is 259 Å². The first-order valence-electron chi connectivity index (χ1n) is 15.5. The highest BCUT2D eigenvalue weighted by molar-refractivity contribution is 5.87. The van der Waals surface area contributed by atoms with Gasteiger partial charge in [0, 0.05) is 44.4 Å². The van der Waals surface area contributed by atoms with Crippen molar-refractivity contribution in [3.8, 4) is 0 Å². The first kappa shape index (κ1) is 32.7. The second-order valence-electron chi connectivity index (χ2n) is 11.2. The van der Waals surface area contributed by atoms with Crippen molar-refractivity contribution in [2.24, 2.45) is 10.9 Å². The number of piperidine rings is 1. The smallest absolute Gasteiger partial charge is 0.434 e. The number of para-hydroxylation sites is 1. The molecule has 236 valence electrons. The maximum atomic E-state index is 13.5. The van der Waals surface area contributed by atoms with E-state index in [1.165, 1.54) is 29.0 Å². The molecule has 0 bridgehead atoms. The summed E-state index contributed by atoms with van der Waals surface area (Å²) in [7, 11) is 1.92. The second kappa shape index (κ2) is 16.0. The summed E-state index contributed by atoms with van der Waals surface area (Å²) < 4.78 is 25.0. The van der Waals surface area contributed by atoms with Crippen molar-refractivity contribution in [2.75, 3.05) is 31.6 Å². The van der Waals surface area contributed by atoms with Crippen LogP contribution in [-0.2, 0) is 22.6 Å². The molecule has 4 rings (SSSR count). The van der Waals surface area contributed by atoms with Gasteiger partial charge in [-0.3, -0.25) is 4.79 Å². The normalized spacial score (nSPS) is 14.8. The van der Waals surface area contributed by atoms with Crippen molar-refractivity contribution < 1.29 is 18.7 Å². The highest BCUT2D eigenvalue weighted by Gasteiger charge is 2.29. The maximum absolute atomic E-state index is 13.5. The molecule has 1 aliphatic rings. The zero-order valence-electron chi connectivity index (χ0n) is 26.2. The number of aromatic nitrogens is 2. The van der Waals surface area contributed by atoms with Crippen LogP contribution in [0, 0.1) is 18.7 Å². The lowest BCUT2D eigenvalue weighted by molar-refractivity contribution is 0.0330. The van der Waals surface area contributed by atoms with Gasteiger partial charge < -0.3 is 19.3 Å². The number of likely N-dealkylation sites (tertiary alicyclic amines) is 1. The van der Waals surface area contributed by atoms with Gasteiger partial charge in [0.1, 0.15) is 11.7 Å². The summed E-state index contributed by atoms with van der Waals surface area (Å²) in [4.78, 5) is 38.7. The summed E-state index contributed by atoms with van der Waals surface area (Å²) in [5, 5.41) is 0. The van der Waals surface area contributed by atoms with Gasteiger partial charge in [0.25, 0.3) is 5.56 Å². The predicted molar refractivity (Wildman–Crippen MR) is 171 cm³/mol. The number of nitrogens with zero attached hydrogens (tertiary/aromatic N) is 5. The molecule has 10 heteroatoms. The number of aryl methyl sites for hydroxylation is 2. The van der Waals surface area contributed by atoms with E-state index in [-0.39, 0.29) is 36.7 Å². The first-order chi connectivity index (χ1) is 21.3. The Balaban J connectivity index is 1.49. The minimum atomic E-state index is -0.810. The van der Waals surface area contributed by atoms with E-state index in [4.69, 9.17) is 14.5 Å². The summed E-state index contributed by atoms with van der Waals surface area (Å²) in [5.74, 6) is 1.54. The fourth-order valence-electron chi connectivity index (χ4n) is 5.56. The van der Waals surface area contributed by atoms with E-state index in [9.17, 15) is 14.0 Å². The molecule has 0 amide bonds. The van der Waals surface area contributed by atoms with Crippen LogP contribution in [0.2, 0.25) is 0 Å². The Bertz CT molecular complexity index is 1450. The topological polar surface area (TPSA) is 89.3 Å². The van der Waals surface area contributed by atoms with Gasteiger partial charge in [-0.15, -0.1) is 0 Å². The van der Waals surface area contributed by atoms with Gasteiger partial charge in [-0.1, -0.05) is 44.2 Å². The molecule has 0 aliphatic carbocycles. The molecule has 0 N–H and O–H groups in total. The molecular weight excluding hydrogens is 561 g/mol. The van der Waals surface area contributed by atoms with Gasteiger partial charge in [-0.05, 0) is 74.8 Å². The standard InChI is InChI=1S/C34H44FN5O4/c1-5-23-43-34(42)44-24-40-31(41)17-20-36-33(40)38(4)29-18-21-39(22-19-29)32(37-30-10-8-7-9-25(30)3)27(6-2)14-11-26-12-15-28(35)16-13-26/h7-10,12-13,15-17,20,27,29H,5-6,11,14,18-19,21-24H2,1-4H3. The zero-order chi connectivity index (χ0) is 31.5. The monoisotopic (exact) mass is 605 g/mol. The van der Waals surface area contributed by atoms with Crippen LogP contribution in [0.5, 0.6) is 0 Å². The van der Waals surface area contributed by atoms with Crippen molar-refractivity contribution in [1.29, 1.82) is 0 Å². The van der Waals surface area contributed by atoms with Gasteiger partial charge >= 0.3 is 6.16 Å². The molecule has 1 saturated heterocycles. The first-order valence-corrected chi connectivity index (χ1v) is 15.5. The molecule has 2 heterocycles. The number of amidine groups is 1. The fourth-order valence-corrected chi connectivity index (χ4v) is 5.56. The Morgan fingerprint density at radius 1 is 1.09 bits per heavy atom. The number of anilines is 1. The van der Waals surface area contributed by atoms with Crippen molar-refractivity contribution >= 4 is 23.6 Å². The Morgan fingerprint density at radius 3 is 2.50 bits per heavy atom. The van der Waals surface area contributed by atoms with Crippen LogP contribution in [-0.4, -0.2) is 59.2 Å². The molecule has 0 radical (unpaired) electrons. The lowest BCUT2D eigenvalue weighted by Gasteiger charge is -2.40. The number of benzene rings is 2. The van der Waals surface area contributed by atoms with E-state index in [0.29, 0.717) is 12.4 Å². The molecule has 0 saturated carbocycles. The Hall–Kier alpha value is -4.21. The molecule has 2 aromatic carbocycles. The third-order valence-electron chi connectivity index (χ3n) is 8.20. The van der Waals surface area contributed by atoms with Crippen LogP contribution < -0.4 is 10.5 Å². The molecule has 9 nitrogen and oxygen atoms in total. The quantitative estimate of drug-likeness (QED) is 0.132. The number of aliphatic imine (C=N–C) groups is 1. The van der Waals surface area contributed by atoms with Gasteiger partial charge in [0.2, 0.25) is 5.95 Å². The summed E-state index contributed by atoms with van der Waals surface area (Å²) >= 11 is 0. The largest absolute Gasteiger partial charge is 0.510 e. The zero-order valence-corrected chi connectivity index (χ0v) is 26.2. The highest BCUT2D eigenvalue weighted by Crippen LogP contribution is 2.27. The molecule has 1 unspecified atom stereocenters. The minimum absolute atomic E-state index is 0.123. The number of carbonyl (C=O) groups excluding carboxylic acids is 1. The number of hydrogen-bond donors (Lipinski definition) is 0. The van der Waals surface area contributed by atoms with Crippen molar-refractivity contribution in [3.05, 3.63) is 88.1 Å². The summed E-state index contributed by atoms with van der Waals surface area (Å²) in [6.45, 7) is 7.75. The maximum Gasteiger partial charge on any atom is 0.510 e. The molecule has 0 spiro atoms. The number of halogens is 1. The minimum Gasteiger partial charge on any atom is -0.434 e. The summed E-state index contributed by atoms with van der Waals surface area (Å²) in [6.07, 6.45) is 5.71. The average molecular weight is 606 g/mol. The van der Waals surface area contributed by atoms with E-state index in [1.807, 2.05) is 43.1 Å². The average Bonchev–Trinajstić information content (AvgIpc) is 3.04. The van der Waals surface area contributed by atoms with Crippen molar-refractivity contribution in [1.82, 2.24) is 14.5 Å². The number of ether oxygens (including phenoxy) is 2. The van der Waals surface area contributed by atoms with Crippen LogP contribution >= 0.6 is 0 Å². The van der Waals surface area contributed by atoms with Crippen LogP contribution in [0.25, 0.3) is 0 Å². The summed E-state index contributed by atoms with van der Waals surface area (Å²) in [5.41, 5.74) is 2.91. The molecule has 1 atom stereocenters. The molecule has 1 fully saturated rings. The number of rotatable bonds is 12. The van der Waals surface area contributed by atoms with Gasteiger partial charge in [-0.2, -0.15) is 0 Å². The van der Waals surface area contributed by atoms with E-state index in [1.54, 1.807) is 0 Å². The Kier molecular flexibility index (Phi) is 11.9. The van der Waals surface area contributed by atoms with Gasteiger partial charge in [0.15, 0.2) is 6.73 Å². The summed E-state index contributed by atoms with van der Waals surface area (Å²) in [6, 6.07) is 16.4. The molecule has 1 aliphatic heterocycles. The van der Waals surface area contributed by atoms with Gasteiger partial charge in [0.05, 0.1) is 12.3 Å². The third kappa shape index (κ3) is 8.67. The SMILES string of the molecule is CCCOC(=O)OCn1c(N(C)C2CCN(C(=Nc3ccccc3C)C(CC)CCc3ccc(F)cc3)CC2)nccc1=O. The highest BCUT2D eigenvalue weighted by atomic mass is 19.1.